The third-order valence-electron chi connectivity index (χ3n) is 5.02. The highest BCUT2D eigenvalue weighted by Crippen LogP contribution is 2.35. The first kappa shape index (κ1) is 25.1. The summed E-state index contributed by atoms with van der Waals surface area (Å²) in [5.41, 5.74) is 3.68. The Bertz CT molecular complexity index is 911. The van der Waals surface area contributed by atoms with Crippen LogP contribution in [0, 0.1) is 0 Å². The van der Waals surface area contributed by atoms with Gasteiger partial charge in [0.25, 0.3) is 0 Å². The molecule has 0 aromatic heterocycles. The molecule has 1 unspecified atom stereocenters. The Hall–Kier alpha value is -2.20. The molecule has 3 nitrogen and oxygen atoms in total. The van der Waals surface area contributed by atoms with Gasteiger partial charge in [-0.2, -0.15) is 0 Å². The maximum atomic E-state index is 5.98. The van der Waals surface area contributed by atoms with Crippen molar-refractivity contribution < 1.29 is 9.47 Å². The molecule has 0 bridgehead atoms. The van der Waals surface area contributed by atoms with Gasteiger partial charge in [0.05, 0.1) is 13.2 Å². The highest BCUT2D eigenvalue weighted by atomic mass is 35.5. The molecule has 1 atom stereocenters. The predicted octanol–water partition coefficient (Wildman–Crippen LogP) is 6.87. The van der Waals surface area contributed by atoms with Gasteiger partial charge in [-0.05, 0) is 68.3 Å². The normalized spacial score (nSPS) is 11.6. The van der Waals surface area contributed by atoms with Crippen molar-refractivity contribution in [3.63, 3.8) is 0 Å². The van der Waals surface area contributed by atoms with E-state index in [-0.39, 0.29) is 24.4 Å². The van der Waals surface area contributed by atoms with Crippen LogP contribution in [0.25, 0.3) is 0 Å². The summed E-state index contributed by atoms with van der Waals surface area (Å²) < 4.78 is 11.5. The molecule has 0 fully saturated rings. The number of methoxy groups -OCH3 is 1. The average Bonchev–Trinajstić information content (AvgIpc) is 2.75. The van der Waals surface area contributed by atoms with Gasteiger partial charge in [0.1, 0.15) is 11.5 Å². The van der Waals surface area contributed by atoms with Crippen LogP contribution < -0.4 is 14.8 Å². The quantitative estimate of drug-likeness (QED) is 0.335. The summed E-state index contributed by atoms with van der Waals surface area (Å²) in [7, 11) is 1.73. The van der Waals surface area contributed by atoms with Gasteiger partial charge < -0.3 is 14.8 Å². The van der Waals surface area contributed by atoms with Crippen molar-refractivity contribution in [2.24, 2.45) is 0 Å². The molecule has 3 aromatic rings. The number of halogens is 2. The smallest absolute Gasteiger partial charge is 0.122 e. The Morgan fingerprint density at radius 1 is 0.903 bits per heavy atom. The number of para-hydroxylation sites is 1. The maximum absolute atomic E-state index is 5.98. The van der Waals surface area contributed by atoms with Crippen molar-refractivity contribution in [2.45, 2.75) is 38.8 Å². The number of ether oxygens (including phenoxy) is 2. The summed E-state index contributed by atoms with van der Waals surface area (Å²) in [6.45, 7) is 5.78. The van der Waals surface area contributed by atoms with Crippen molar-refractivity contribution in [3.05, 3.63) is 94.5 Å². The Morgan fingerprint density at radius 3 is 2.23 bits per heavy atom. The minimum Gasteiger partial charge on any atom is -0.496 e. The molecule has 5 heteroatoms. The lowest BCUT2D eigenvalue weighted by molar-refractivity contribution is 0.242. The lowest BCUT2D eigenvalue weighted by Gasteiger charge is -2.21. The molecule has 31 heavy (non-hydrogen) atoms. The molecule has 0 aliphatic rings. The van der Waals surface area contributed by atoms with Crippen LogP contribution in [0.15, 0.2) is 72.8 Å². The van der Waals surface area contributed by atoms with Gasteiger partial charge in [0, 0.05) is 23.0 Å². The molecule has 0 radical (unpaired) electrons. The third kappa shape index (κ3) is 7.46. The summed E-state index contributed by atoms with van der Waals surface area (Å²) in [4.78, 5) is 0. The van der Waals surface area contributed by atoms with E-state index in [2.05, 4.69) is 53.8 Å². The highest BCUT2D eigenvalue weighted by molar-refractivity contribution is 6.30. The molecule has 3 rings (SSSR count). The first-order valence-corrected chi connectivity index (χ1v) is 10.8. The minimum absolute atomic E-state index is 0. The van der Waals surface area contributed by atoms with Crippen LogP contribution in [0.4, 0.5) is 0 Å². The molecule has 0 aliphatic carbocycles. The van der Waals surface area contributed by atoms with Crippen LogP contribution in [0.3, 0.4) is 0 Å². The van der Waals surface area contributed by atoms with Crippen molar-refractivity contribution in [3.8, 4) is 11.5 Å². The number of rotatable bonds is 10. The zero-order chi connectivity index (χ0) is 21.3. The fourth-order valence-electron chi connectivity index (χ4n) is 3.59. The van der Waals surface area contributed by atoms with E-state index in [1.807, 2.05) is 38.1 Å². The zero-order valence-corrected chi connectivity index (χ0v) is 19.9. The summed E-state index contributed by atoms with van der Waals surface area (Å²) >= 11 is 5.98. The molecule has 0 heterocycles. The van der Waals surface area contributed by atoms with E-state index in [0.29, 0.717) is 0 Å². The first-order valence-electron chi connectivity index (χ1n) is 10.4. The third-order valence-corrected chi connectivity index (χ3v) is 5.27. The summed E-state index contributed by atoms with van der Waals surface area (Å²) in [5.74, 6) is 2.04. The van der Waals surface area contributed by atoms with Gasteiger partial charge in [-0.15, -0.1) is 12.4 Å². The topological polar surface area (TPSA) is 30.5 Å². The number of benzene rings is 3. The standard InChI is InChI=1S/C26H30ClNO2.ClH/c1-19(2)30-23-14-10-21(11-15-23)24(25-6-4-5-7-26(25)29-3)16-17-28-18-20-8-12-22(27)13-9-20;/h4-15,19,24,28H,16-18H2,1-3H3;1H. The van der Waals surface area contributed by atoms with Crippen molar-refractivity contribution in [2.75, 3.05) is 13.7 Å². The zero-order valence-electron chi connectivity index (χ0n) is 18.3. The summed E-state index contributed by atoms with van der Waals surface area (Å²) in [5, 5.41) is 4.32. The van der Waals surface area contributed by atoms with Crippen molar-refractivity contribution >= 4 is 24.0 Å². The van der Waals surface area contributed by atoms with Crippen LogP contribution in [0.5, 0.6) is 11.5 Å². The van der Waals surface area contributed by atoms with E-state index in [1.54, 1.807) is 7.11 Å². The van der Waals surface area contributed by atoms with E-state index < -0.39 is 0 Å². The van der Waals surface area contributed by atoms with Gasteiger partial charge in [0.2, 0.25) is 0 Å². The molecule has 0 amide bonds. The fourth-order valence-corrected chi connectivity index (χ4v) is 3.71. The van der Waals surface area contributed by atoms with E-state index in [1.165, 1.54) is 16.7 Å². The van der Waals surface area contributed by atoms with Gasteiger partial charge >= 0.3 is 0 Å². The van der Waals surface area contributed by atoms with E-state index in [4.69, 9.17) is 21.1 Å². The second-order valence-electron chi connectivity index (χ2n) is 7.62. The molecule has 0 saturated heterocycles. The van der Waals surface area contributed by atoms with E-state index in [0.717, 1.165) is 36.0 Å². The first-order chi connectivity index (χ1) is 14.6. The largest absolute Gasteiger partial charge is 0.496 e. The van der Waals surface area contributed by atoms with Crippen LogP contribution in [-0.4, -0.2) is 19.8 Å². The van der Waals surface area contributed by atoms with E-state index >= 15 is 0 Å². The molecule has 1 N–H and O–H groups in total. The van der Waals surface area contributed by atoms with E-state index in [9.17, 15) is 0 Å². The van der Waals surface area contributed by atoms with Gasteiger partial charge in [-0.3, -0.25) is 0 Å². The molecule has 0 spiro atoms. The second-order valence-corrected chi connectivity index (χ2v) is 8.06. The molecule has 0 saturated carbocycles. The fraction of sp³-hybridized carbons (Fsp3) is 0.308. The SMILES string of the molecule is COc1ccccc1C(CCNCc1ccc(Cl)cc1)c1ccc(OC(C)C)cc1.Cl. The highest BCUT2D eigenvalue weighted by Gasteiger charge is 2.18. The second kappa shape index (κ2) is 12.6. The molecule has 3 aromatic carbocycles. The van der Waals surface area contributed by atoms with Crippen LogP contribution in [0.1, 0.15) is 42.9 Å². The Balaban J connectivity index is 0.00000341. The minimum atomic E-state index is 0. The number of hydrogen-bond donors (Lipinski definition) is 1. The van der Waals surface area contributed by atoms with Gasteiger partial charge in [-0.1, -0.05) is 54.1 Å². The predicted molar refractivity (Wildman–Crippen MR) is 132 cm³/mol. The molecule has 0 aliphatic heterocycles. The summed E-state index contributed by atoms with van der Waals surface area (Å²) in [6.07, 6.45) is 1.12. The maximum Gasteiger partial charge on any atom is 0.122 e. The molecular weight excluding hydrogens is 429 g/mol. The Morgan fingerprint density at radius 2 is 1.58 bits per heavy atom. The Kier molecular flexibility index (Phi) is 10.2. The lowest BCUT2D eigenvalue weighted by Crippen LogP contribution is -2.18. The molecule has 166 valence electrons. The molecular formula is C26H31Cl2NO2. The monoisotopic (exact) mass is 459 g/mol. The average molecular weight is 460 g/mol. The van der Waals surface area contributed by atoms with Crippen LogP contribution in [0.2, 0.25) is 5.02 Å². The van der Waals surface area contributed by atoms with Crippen molar-refractivity contribution in [1.29, 1.82) is 0 Å². The van der Waals surface area contributed by atoms with Crippen LogP contribution >= 0.6 is 24.0 Å². The number of hydrogen-bond acceptors (Lipinski definition) is 3. The van der Waals surface area contributed by atoms with Crippen molar-refractivity contribution in [1.82, 2.24) is 5.32 Å². The van der Waals surface area contributed by atoms with Crippen LogP contribution in [-0.2, 0) is 6.54 Å². The summed E-state index contributed by atoms with van der Waals surface area (Å²) in [6, 6.07) is 24.7. The lowest BCUT2D eigenvalue weighted by atomic mass is 9.88. The number of nitrogens with one attached hydrogen (secondary N) is 1. The Labute approximate surface area is 197 Å². The van der Waals surface area contributed by atoms with Gasteiger partial charge in [-0.25, -0.2) is 0 Å². The van der Waals surface area contributed by atoms with Gasteiger partial charge in [0.15, 0.2) is 0 Å².